The van der Waals surface area contributed by atoms with Crippen LogP contribution in [0.3, 0.4) is 0 Å². The van der Waals surface area contributed by atoms with E-state index in [1.54, 1.807) is 10.9 Å². The third kappa shape index (κ3) is 2.78. The zero-order valence-corrected chi connectivity index (χ0v) is 12.4. The van der Waals surface area contributed by atoms with Gasteiger partial charge in [0.1, 0.15) is 5.82 Å². The van der Waals surface area contributed by atoms with Gasteiger partial charge in [0.2, 0.25) is 0 Å². The molecule has 0 spiro atoms. The Morgan fingerprint density at radius 1 is 1.14 bits per heavy atom. The predicted molar refractivity (Wildman–Crippen MR) is 81.1 cm³/mol. The molecule has 0 saturated carbocycles. The van der Waals surface area contributed by atoms with Crippen LogP contribution in [-0.2, 0) is 0 Å². The van der Waals surface area contributed by atoms with Crippen LogP contribution in [0.25, 0.3) is 5.69 Å². The van der Waals surface area contributed by atoms with Gasteiger partial charge in [-0.05, 0) is 30.3 Å². The molecule has 0 atom stereocenters. The Labute approximate surface area is 129 Å². The number of hydrogen-bond donors (Lipinski definition) is 0. The van der Waals surface area contributed by atoms with E-state index < -0.39 is 5.82 Å². The summed E-state index contributed by atoms with van der Waals surface area (Å²) >= 11 is 3.27. The quantitative estimate of drug-likeness (QED) is 0.673. The summed E-state index contributed by atoms with van der Waals surface area (Å²) in [4.78, 5) is 12.4. The zero-order valence-electron chi connectivity index (χ0n) is 10.8. The highest BCUT2D eigenvalue weighted by atomic mass is 79.9. The molecule has 0 aliphatic carbocycles. The van der Waals surface area contributed by atoms with Crippen molar-refractivity contribution >= 4 is 21.7 Å². The largest absolute Gasteiger partial charge is 0.288 e. The molecule has 0 aliphatic heterocycles. The fourth-order valence-corrected chi connectivity index (χ4v) is 2.42. The minimum absolute atomic E-state index is 0.274. The SMILES string of the molecule is O=C(c1cnn(-c2ccccc2)c1)c1cc(F)ccc1Br. The third-order valence-electron chi connectivity index (χ3n) is 3.04. The molecule has 0 N–H and O–H groups in total. The predicted octanol–water partition coefficient (Wildman–Crippen LogP) is 4.00. The summed E-state index contributed by atoms with van der Waals surface area (Å²) in [7, 11) is 0. The minimum atomic E-state index is -0.447. The Bertz CT molecular complexity index is 799. The van der Waals surface area contributed by atoms with Crippen LogP contribution in [0.2, 0.25) is 0 Å². The minimum Gasteiger partial charge on any atom is -0.288 e. The van der Waals surface area contributed by atoms with Gasteiger partial charge in [-0.25, -0.2) is 9.07 Å². The maximum Gasteiger partial charge on any atom is 0.197 e. The van der Waals surface area contributed by atoms with Crippen molar-refractivity contribution in [1.29, 1.82) is 0 Å². The number of benzene rings is 2. The van der Waals surface area contributed by atoms with Gasteiger partial charge in [0.25, 0.3) is 0 Å². The number of hydrogen-bond acceptors (Lipinski definition) is 2. The molecule has 0 amide bonds. The highest BCUT2D eigenvalue weighted by molar-refractivity contribution is 9.10. The smallest absolute Gasteiger partial charge is 0.197 e. The highest BCUT2D eigenvalue weighted by Crippen LogP contribution is 2.21. The molecule has 104 valence electrons. The van der Waals surface area contributed by atoms with Crippen LogP contribution in [0.1, 0.15) is 15.9 Å². The first-order valence-electron chi connectivity index (χ1n) is 6.25. The molecule has 2 aromatic carbocycles. The molecule has 21 heavy (non-hydrogen) atoms. The third-order valence-corrected chi connectivity index (χ3v) is 3.73. The maximum atomic E-state index is 13.3. The lowest BCUT2D eigenvalue weighted by Crippen LogP contribution is -2.02. The number of para-hydroxylation sites is 1. The first-order chi connectivity index (χ1) is 10.1. The van der Waals surface area contributed by atoms with Crippen LogP contribution in [0.15, 0.2) is 65.4 Å². The van der Waals surface area contributed by atoms with Crippen LogP contribution in [0.5, 0.6) is 0 Å². The highest BCUT2D eigenvalue weighted by Gasteiger charge is 2.15. The Kier molecular flexibility index (Phi) is 3.66. The molecule has 0 bridgehead atoms. The summed E-state index contributed by atoms with van der Waals surface area (Å²) in [6.07, 6.45) is 3.11. The Morgan fingerprint density at radius 3 is 2.67 bits per heavy atom. The average Bonchev–Trinajstić information content (AvgIpc) is 3.00. The van der Waals surface area contributed by atoms with E-state index in [0.29, 0.717) is 10.0 Å². The van der Waals surface area contributed by atoms with E-state index in [4.69, 9.17) is 0 Å². The summed E-state index contributed by atoms with van der Waals surface area (Å²) < 4.78 is 15.5. The molecule has 5 heteroatoms. The van der Waals surface area contributed by atoms with Gasteiger partial charge in [-0.3, -0.25) is 4.79 Å². The van der Waals surface area contributed by atoms with Crippen LogP contribution >= 0.6 is 15.9 Å². The normalized spacial score (nSPS) is 10.6. The molecular formula is C16H10BrFN2O. The van der Waals surface area contributed by atoms with E-state index in [1.165, 1.54) is 24.4 Å². The van der Waals surface area contributed by atoms with E-state index in [1.807, 2.05) is 30.3 Å². The maximum absolute atomic E-state index is 13.3. The molecule has 3 nitrogen and oxygen atoms in total. The van der Waals surface area contributed by atoms with Gasteiger partial charge in [0.15, 0.2) is 5.78 Å². The van der Waals surface area contributed by atoms with Crippen molar-refractivity contribution in [3.8, 4) is 5.69 Å². The number of carbonyl (C=O) groups is 1. The monoisotopic (exact) mass is 344 g/mol. The molecule has 0 unspecified atom stereocenters. The van der Waals surface area contributed by atoms with Gasteiger partial charge in [-0.15, -0.1) is 0 Å². The number of nitrogens with zero attached hydrogens (tertiary/aromatic N) is 2. The second-order valence-electron chi connectivity index (χ2n) is 4.46. The molecule has 0 fully saturated rings. The van der Waals surface area contributed by atoms with E-state index in [0.717, 1.165) is 5.69 Å². The summed E-state index contributed by atoms with van der Waals surface area (Å²) in [5, 5.41) is 4.17. The fraction of sp³-hybridized carbons (Fsp3) is 0. The van der Waals surface area contributed by atoms with Crippen LogP contribution in [-0.4, -0.2) is 15.6 Å². The molecule has 1 heterocycles. The lowest BCUT2D eigenvalue weighted by Gasteiger charge is -2.02. The first-order valence-corrected chi connectivity index (χ1v) is 7.04. The van der Waals surface area contributed by atoms with Crippen molar-refractivity contribution in [2.75, 3.05) is 0 Å². The van der Waals surface area contributed by atoms with Crippen molar-refractivity contribution in [3.63, 3.8) is 0 Å². The van der Waals surface area contributed by atoms with Gasteiger partial charge in [0, 0.05) is 16.2 Å². The summed E-state index contributed by atoms with van der Waals surface area (Å²) in [6, 6.07) is 13.5. The zero-order chi connectivity index (χ0) is 14.8. The van der Waals surface area contributed by atoms with Crippen molar-refractivity contribution < 1.29 is 9.18 Å². The number of ketones is 1. The van der Waals surface area contributed by atoms with Crippen molar-refractivity contribution in [2.45, 2.75) is 0 Å². The Morgan fingerprint density at radius 2 is 1.90 bits per heavy atom. The number of rotatable bonds is 3. The second-order valence-corrected chi connectivity index (χ2v) is 5.32. The van der Waals surface area contributed by atoms with Crippen molar-refractivity contribution in [3.05, 3.63) is 82.3 Å². The van der Waals surface area contributed by atoms with E-state index in [2.05, 4.69) is 21.0 Å². The molecule has 0 saturated heterocycles. The number of carbonyl (C=O) groups excluding carboxylic acids is 1. The van der Waals surface area contributed by atoms with Crippen LogP contribution < -0.4 is 0 Å². The molecule has 1 aromatic heterocycles. The van der Waals surface area contributed by atoms with E-state index in [-0.39, 0.29) is 11.3 Å². The Hall–Kier alpha value is -2.27. The van der Waals surface area contributed by atoms with Gasteiger partial charge in [-0.2, -0.15) is 5.10 Å². The van der Waals surface area contributed by atoms with Gasteiger partial charge in [0.05, 0.1) is 17.4 Å². The first kappa shape index (κ1) is 13.7. The Balaban J connectivity index is 1.96. The van der Waals surface area contributed by atoms with Gasteiger partial charge < -0.3 is 0 Å². The number of halogens is 2. The van der Waals surface area contributed by atoms with Crippen LogP contribution in [0, 0.1) is 5.82 Å². The average molecular weight is 345 g/mol. The van der Waals surface area contributed by atoms with Crippen molar-refractivity contribution in [1.82, 2.24) is 9.78 Å². The molecular weight excluding hydrogens is 335 g/mol. The molecule has 3 aromatic rings. The second kappa shape index (κ2) is 5.61. The fourth-order valence-electron chi connectivity index (χ4n) is 1.99. The van der Waals surface area contributed by atoms with Gasteiger partial charge in [-0.1, -0.05) is 34.1 Å². The molecule has 0 aliphatic rings. The lowest BCUT2D eigenvalue weighted by molar-refractivity contribution is 0.103. The van der Waals surface area contributed by atoms with E-state index >= 15 is 0 Å². The van der Waals surface area contributed by atoms with Crippen molar-refractivity contribution in [2.24, 2.45) is 0 Å². The summed E-state index contributed by atoms with van der Waals surface area (Å²) in [5.74, 6) is -0.722. The number of aromatic nitrogens is 2. The lowest BCUT2D eigenvalue weighted by atomic mass is 10.1. The van der Waals surface area contributed by atoms with E-state index in [9.17, 15) is 9.18 Å². The standard InChI is InChI=1S/C16H10BrFN2O/c17-15-7-6-12(18)8-14(15)16(21)11-9-19-20(10-11)13-4-2-1-3-5-13/h1-10H. The van der Waals surface area contributed by atoms with Crippen LogP contribution in [0.4, 0.5) is 4.39 Å². The summed E-state index contributed by atoms with van der Waals surface area (Å²) in [5.41, 5.74) is 1.54. The molecule has 3 rings (SSSR count). The van der Waals surface area contributed by atoms with Gasteiger partial charge >= 0.3 is 0 Å². The molecule has 0 radical (unpaired) electrons. The summed E-state index contributed by atoms with van der Waals surface area (Å²) in [6.45, 7) is 0. The topological polar surface area (TPSA) is 34.9 Å².